The summed E-state index contributed by atoms with van der Waals surface area (Å²) in [7, 11) is 0. The number of aliphatic carboxylic acids is 1. The maximum absolute atomic E-state index is 12.5. The largest absolute Gasteiger partial charge is 0.480 e. The third-order valence-corrected chi connectivity index (χ3v) is 5.79. The summed E-state index contributed by atoms with van der Waals surface area (Å²) < 4.78 is 5.44. The number of hydrogen-bond donors (Lipinski definition) is 4. The number of amides is 3. The molecule has 0 bridgehead atoms. The molecule has 1 aliphatic carbocycles. The molecule has 0 spiro atoms. The lowest BCUT2D eigenvalue weighted by molar-refractivity contribution is -0.142. The van der Waals surface area contributed by atoms with E-state index in [1.807, 2.05) is 48.5 Å². The number of carboxylic acid groups (broad SMARTS) is 1. The summed E-state index contributed by atoms with van der Waals surface area (Å²) in [5, 5.41) is 16.2. The molecular formula is C25H29N3O6. The molecule has 3 rings (SSSR count). The van der Waals surface area contributed by atoms with Gasteiger partial charge < -0.3 is 25.8 Å². The number of carboxylic acids is 1. The minimum Gasteiger partial charge on any atom is -0.480 e. The Kier molecular flexibility index (Phi) is 7.24. The summed E-state index contributed by atoms with van der Waals surface area (Å²) in [5.41, 5.74) is 2.98. The van der Waals surface area contributed by atoms with Crippen LogP contribution in [-0.4, -0.2) is 53.2 Å². The molecule has 3 amide bonds. The van der Waals surface area contributed by atoms with Crippen LogP contribution in [0.5, 0.6) is 0 Å². The van der Waals surface area contributed by atoms with Gasteiger partial charge >= 0.3 is 12.1 Å². The van der Waals surface area contributed by atoms with Crippen molar-refractivity contribution in [2.75, 3.05) is 6.61 Å². The molecule has 0 saturated heterocycles. The van der Waals surface area contributed by atoms with E-state index in [4.69, 9.17) is 9.84 Å². The fourth-order valence-electron chi connectivity index (χ4n) is 3.79. The maximum Gasteiger partial charge on any atom is 0.407 e. The van der Waals surface area contributed by atoms with Crippen LogP contribution in [0.25, 0.3) is 11.1 Å². The molecule has 2 atom stereocenters. The summed E-state index contributed by atoms with van der Waals surface area (Å²) in [5.74, 6) is -2.58. The number of benzene rings is 2. The molecule has 9 nitrogen and oxygen atoms in total. The monoisotopic (exact) mass is 467 g/mol. The average Bonchev–Trinajstić information content (AvgIpc) is 3.11. The Morgan fingerprint density at radius 3 is 1.97 bits per heavy atom. The number of nitrogens with one attached hydrogen (secondary N) is 3. The fourth-order valence-corrected chi connectivity index (χ4v) is 3.79. The van der Waals surface area contributed by atoms with E-state index in [1.54, 1.807) is 0 Å². The lowest BCUT2D eigenvalue weighted by Crippen LogP contribution is -2.60. The molecule has 180 valence electrons. The average molecular weight is 468 g/mol. The van der Waals surface area contributed by atoms with Crippen molar-refractivity contribution >= 4 is 23.9 Å². The van der Waals surface area contributed by atoms with Crippen molar-refractivity contribution in [3.8, 4) is 11.1 Å². The van der Waals surface area contributed by atoms with Crippen molar-refractivity contribution in [1.29, 1.82) is 0 Å². The molecule has 0 fully saturated rings. The highest BCUT2D eigenvalue weighted by molar-refractivity contribution is 5.94. The first kappa shape index (κ1) is 24.8. The quantitative estimate of drug-likeness (QED) is 0.471. The first-order valence-corrected chi connectivity index (χ1v) is 11.0. The van der Waals surface area contributed by atoms with Crippen LogP contribution in [0.3, 0.4) is 0 Å². The van der Waals surface area contributed by atoms with Gasteiger partial charge in [-0.2, -0.15) is 0 Å². The molecule has 0 radical (unpaired) electrons. The molecule has 0 heterocycles. The molecule has 0 saturated carbocycles. The van der Waals surface area contributed by atoms with Crippen molar-refractivity contribution in [3.05, 3.63) is 59.7 Å². The molecule has 4 N–H and O–H groups in total. The lowest BCUT2D eigenvalue weighted by Gasteiger charge is -2.28. The number of hydrogen-bond acceptors (Lipinski definition) is 5. The first-order valence-electron chi connectivity index (χ1n) is 11.0. The van der Waals surface area contributed by atoms with Crippen LogP contribution in [0, 0.1) is 0 Å². The van der Waals surface area contributed by atoms with Crippen molar-refractivity contribution in [2.45, 2.75) is 51.2 Å². The van der Waals surface area contributed by atoms with Crippen LogP contribution in [-0.2, 0) is 19.1 Å². The predicted octanol–water partition coefficient (Wildman–Crippen LogP) is 2.40. The SMILES string of the molecule is C[C@H](NC(=O)C(C)(C)NC(=O)[C@H](C)NC(=O)OCC1c2ccccc2-c2ccccc21)C(=O)O. The van der Waals surface area contributed by atoms with E-state index < -0.39 is 41.5 Å². The van der Waals surface area contributed by atoms with Crippen molar-refractivity contribution < 1.29 is 29.0 Å². The molecule has 34 heavy (non-hydrogen) atoms. The predicted molar refractivity (Wildman–Crippen MR) is 125 cm³/mol. The Hall–Kier alpha value is -3.88. The van der Waals surface area contributed by atoms with Gasteiger partial charge in [0.15, 0.2) is 0 Å². The summed E-state index contributed by atoms with van der Waals surface area (Å²) in [6.07, 6.45) is -0.758. The Morgan fingerprint density at radius 2 is 1.44 bits per heavy atom. The molecule has 1 aliphatic rings. The minimum absolute atomic E-state index is 0.106. The Bertz CT molecular complexity index is 1070. The Morgan fingerprint density at radius 1 is 0.912 bits per heavy atom. The summed E-state index contributed by atoms with van der Waals surface area (Å²) in [6.45, 7) is 5.77. The van der Waals surface area contributed by atoms with E-state index in [0.29, 0.717) is 0 Å². The third-order valence-electron chi connectivity index (χ3n) is 5.79. The summed E-state index contributed by atoms with van der Waals surface area (Å²) >= 11 is 0. The summed E-state index contributed by atoms with van der Waals surface area (Å²) in [6, 6.07) is 13.8. The lowest BCUT2D eigenvalue weighted by atomic mass is 9.98. The van der Waals surface area contributed by atoms with Crippen molar-refractivity contribution in [3.63, 3.8) is 0 Å². The van der Waals surface area contributed by atoms with Crippen molar-refractivity contribution in [1.82, 2.24) is 16.0 Å². The highest BCUT2D eigenvalue weighted by Gasteiger charge is 2.33. The third kappa shape index (κ3) is 5.36. The van der Waals surface area contributed by atoms with E-state index >= 15 is 0 Å². The molecule has 2 aromatic rings. The van der Waals surface area contributed by atoms with Crippen molar-refractivity contribution in [2.24, 2.45) is 0 Å². The number of rotatable bonds is 8. The van der Waals surface area contributed by atoms with Gasteiger partial charge in [0.25, 0.3) is 0 Å². The molecule has 0 aliphatic heterocycles. The van der Waals surface area contributed by atoms with Gasteiger partial charge in [0.1, 0.15) is 24.2 Å². The zero-order valence-corrected chi connectivity index (χ0v) is 19.5. The van der Waals surface area contributed by atoms with Crippen LogP contribution in [0.1, 0.15) is 44.7 Å². The normalized spacial score (nSPS) is 14.2. The van der Waals surface area contributed by atoms with E-state index in [1.165, 1.54) is 27.7 Å². The molecule has 0 unspecified atom stereocenters. The van der Waals surface area contributed by atoms with Gasteiger partial charge in [-0.05, 0) is 49.9 Å². The highest BCUT2D eigenvalue weighted by Crippen LogP contribution is 2.44. The first-order chi connectivity index (χ1) is 16.0. The number of alkyl carbamates (subject to hydrolysis) is 1. The Balaban J connectivity index is 1.56. The van der Waals surface area contributed by atoms with Crippen LogP contribution in [0.4, 0.5) is 4.79 Å². The van der Waals surface area contributed by atoms with Gasteiger partial charge in [0.05, 0.1) is 0 Å². The van der Waals surface area contributed by atoms with E-state index in [9.17, 15) is 19.2 Å². The zero-order chi connectivity index (χ0) is 25.0. The molecule has 0 aromatic heterocycles. The molecular weight excluding hydrogens is 438 g/mol. The molecule has 9 heteroatoms. The zero-order valence-electron chi connectivity index (χ0n) is 19.5. The van der Waals surface area contributed by atoms with Gasteiger partial charge in [-0.15, -0.1) is 0 Å². The minimum atomic E-state index is -1.39. The highest BCUT2D eigenvalue weighted by atomic mass is 16.5. The van der Waals surface area contributed by atoms with E-state index in [2.05, 4.69) is 16.0 Å². The standard InChI is InChI=1S/C25H29N3O6/c1-14(21(29)28-25(3,4)23(32)26-15(2)22(30)31)27-24(33)34-13-20-18-11-7-5-9-16(18)17-10-6-8-12-19(17)20/h5-12,14-15,20H,13H2,1-4H3,(H,26,32)(H,27,33)(H,28,29)(H,30,31)/t14-,15-/m0/s1. The van der Waals surface area contributed by atoms with E-state index in [0.717, 1.165) is 22.3 Å². The second-order valence-electron chi connectivity index (χ2n) is 8.84. The Labute approximate surface area is 197 Å². The van der Waals surface area contributed by atoms with Crippen LogP contribution in [0.2, 0.25) is 0 Å². The fraction of sp³-hybridized carbons (Fsp3) is 0.360. The van der Waals surface area contributed by atoms with Gasteiger partial charge in [-0.25, -0.2) is 4.79 Å². The van der Waals surface area contributed by atoms with Gasteiger partial charge in [0.2, 0.25) is 11.8 Å². The van der Waals surface area contributed by atoms with Gasteiger partial charge in [0, 0.05) is 5.92 Å². The van der Waals surface area contributed by atoms with E-state index in [-0.39, 0.29) is 12.5 Å². The topological polar surface area (TPSA) is 134 Å². The number of fused-ring (bicyclic) bond motifs is 3. The van der Waals surface area contributed by atoms with Crippen LogP contribution < -0.4 is 16.0 Å². The van der Waals surface area contributed by atoms with Crippen LogP contribution in [0.15, 0.2) is 48.5 Å². The van der Waals surface area contributed by atoms with Gasteiger partial charge in [-0.1, -0.05) is 48.5 Å². The second-order valence-corrected chi connectivity index (χ2v) is 8.84. The summed E-state index contributed by atoms with van der Waals surface area (Å²) in [4.78, 5) is 48.2. The van der Waals surface area contributed by atoms with Gasteiger partial charge in [-0.3, -0.25) is 14.4 Å². The number of carbonyl (C=O) groups is 4. The number of carbonyl (C=O) groups excluding carboxylic acids is 3. The molecule has 2 aromatic carbocycles. The van der Waals surface area contributed by atoms with Crippen LogP contribution >= 0.6 is 0 Å². The smallest absolute Gasteiger partial charge is 0.407 e. The second kappa shape index (κ2) is 9.94. The maximum atomic E-state index is 12.5. The number of ether oxygens (including phenoxy) is 1.